The lowest BCUT2D eigenvalue weighted by Gasteiger charge is -2.06. The summed E-state index contributed by atoms with van der Waals surface area (Å²) in [6.45, 7) is 2.16. The summed E-state index contributed by atoms with van der Waals surface area (Å²) in [6, 6.07) is 6.70. The average Bonchev–Trinajstić information content (AvgIpc) is 2.62. The second kappa shape index (κ2) is 12.9. The molecule has 0 bridgehead atoms. The fraction of sp³-hybridized carbons (Fsp3) is 0.650. The molecule has 0 aliphatic heterocycles. The lowest BCUT2D eigenvalue weighted by molar-refractivity contribution is -0.140. The predicted molar refractivity (Wildman–Crippen MR) is 103 cm³/mol. The van der Waals surface area contributed by atoms with Crippen LogP contribution in [0.5, 0.6) is 0 Å². The molecule has 0 unspecified atom stereocenters. The van der Waals surface area contributed by atoms with Gasteiger partial charge < -0.3 is 4.74 Å². The molecule has 0 spiro atoms. The molecule has 5 nitrogen and oxygen atoms in total. The van der Waals surface area contributed by atoms with E-state index in [9.17, 15) is 13.2 Å². The highest BCUT2D eigenvalue weighted by atomic mass is 32.2. The van der Waals surface area contributed by atoms with Crippen LogP contribution in [0, 0.1) is 6.92 Å². The molecule has 1 rings (SSSR count). The van der Waals surface area contributed by atoms with Crippen LogP contribution in [-0.4, -0.2) is 28.1 Å². The quantitative estimate of drug-likeness (QED) is 0.262. The van der Waals surface area contributed by atoms with Crippen LogP contribution < -0.4 is 0 Å². The van der Waals surface area contributed by atoms with Crippen molar-refractivity contribution in [3.05, 3.63) is 29.8 Å². The van der Waals surface area contributed by atoms with Crippen LogP contribution in [0.4, 0.5) is 0 Å². The van der Waals surface area contributed by atoms with Crippen molar-refractivity contribution in [1.29, 1.82) is 0 Å². The van der Waals surface area contributed by atoms with E-state index in [1.54, 1.807) is 24.3 Å². The van der Waals surface area contributed by atoms with Crippen molar-refractivity contribution in [3.63, 3.8) is 0 Å². The molecule has 1 aromatic rings. The lowest BCUT2D eigenvalue weighted by atomic mass is 10.1. The molecule has 0 N–H and O–H groups in total. The first-order chi connectivity index (χ1) is 12.5. The largest absolute Gasteiger partial charge is 0.469 e. The van der Waals surface area contributed by atoms with Gasteiger partial charge in [-0.1, -0.05) is 62.6 Å². The van der Waals surface area contributed by atoms with Crippen LogP contribution in [0.15, 0.2) is 29.2 Å². The number of esters is 1. The number of carbonyl (C=O) groups excluding carboxylic acids is 1. The Labute approximate surface area is 158 Å². The number of aryl methyl sites for hydroxylation is 1. The summed E-state index contributed by atoms with van der Waals surface area (Å²) >= 11 is 0. The number of methoxy groups -OCH3 is 1. The monoisotopic (exact) mass is 384 g/mol. The van der Waals surface area contributed by atoms with Crippen molar-refractivity contribution in [2.75, 3.05) is 13.7 Å². The fourth-order valence-electron chi connectivity index (χ4n) is 2.65. The molecular weight excluding hydrogens is 352 g/mol. The Bertz CT molecular complexity index is 608. The minimum Gasteiger partial charge on any atom is -0.469 e. The van der Waals surface area contributed by atoms with E-state index >= 15 is 0 Å². The van der Waals surface area contributed by atoms with Gasteiger partial charge in [0.15, 0.2) is 0 Å². The van der Waals surface area contributed by atoms with Crippen molar-refractivity contribution < 1.29 is 22.1 Å². The first kappa shape index (κ1) is 22.6. The number of hydrogen-bond acceptors (Lipinski definition) is 5. The number of unbranched alkanes of at least 4 members (excludes halogenated alkanes) is 8. The fourth-order valence-corrected chi connectivity index (χ4v) is 3.60. The average molecular weight is 385 g/mol. The SMILES string of the molecule is COC(=O)CCCCCCCCCCCOS(=O)(=O)c1ccc(C)cc1. The van der Waals surface area contributed by atoms with Crippen LogP contribution in [0.2, 0.25) is 0 Å². The summed E-state index contributed by atoms with van der Waals surface area (Å²) in [5.41, 5.74) is 1.02. The van der Waals surface area contributed by atoms with E-state index in [0.29, 0.717) is 6.42 Å². The molecule has 0 fully saturated rings. The standard InChI is InChI=1S/C20H32O5S/c1-18-13-15-19(16-14-18)26(22,23)25-17-11-9-7-5-3-4-6-8-10-12-20(21)24-2/h13-16H,3-12,17H2,1-2H3. The maximum Gasteiger partial charge on any atom is 0.305 e. The van der Waals surface area contributed by atoms with E-state index in [-0.39, 0.29) is 17.5 Å². The minimum absolute atomic E-state index is 0.128. The Hall–Kier alpha value is -1.40. The number of ether oxygens (including phenoxy) is 1. The highest BCUT2D eigenvalue weighted by molar-refractivity contribution is 7.86. The molecule has 0 atom stereocenters. The third kappa shape index (κ3) is 9.92. The normalized spacial score (nSPS) is 11.5. The molecule has 0 saturated heterocycles. The topological polar surface area (TPSA) is 69.7 Å². The Morgan fingerprint density at radius 3 is 1.88 bits per heavy atom. The van der Waals surface area contributed by atoms with Crippen molar-refractivity contribution in [2.45, 2.75) is 76.0 Å². The maximum absolute atomic E-state index is 12.0. The third-order valence-electron chi connectivity index (χ3n) is 4.30. The van der Waals surface area contributed by atoms with E-state index < -0.39 is 10.1 Å². The molecule has 0 radical (unpaired) electrons. The third-order valence-corrected chi connectivity index (χ3v) is 5.63. The maximum atomic E-state index is 12.0. The summed E-state index contributed by atoms with van der Waals surface area (Å²) < 4.78 is 33.7. The van der Waals surface area contributed by atoms with Crippen molar-refractivity contribution in [3.8, 4) is 0 Å². The van der Waals surface area contributed by atoms with Gasteiger partial charge in [-0.3, -0.25) is 8.98 Å². The smallest absolute Gasteiger partial charge is 0.305 e. The van der Waals surface area contributed by atoms with E-state index in [1.165, 1.54) is 20.0 Å². The molecule has 0 heterocycles. The second-order valence-electron chi connectivity index (χ2n) is 6.60. The van der Waals surface area contributed by atoms with E-state index in [0.717, 1.165) is 50.5 Å². The van der Waals surface area contributed by atoms with Gasteiger partial charge in [0.2, 0.25) is 0 Å². The molecule has 0 aromatic heterocycles. The molecule has 0 amide bonds. The van der Waals surface area contributed by atoms with Gasteiger partial charge in [0, 0.05) is 6.42 Å². The Morgan fingerprint density at radius 2 is 1.35 bits per heavy atom. The molecule has 26 heavy (non-hydrogen) atoms. The van der Waals surface area contributed by atoms with Gasteiger partial charge in [-0.2, -0.15) is 8.42 Å². The summed E-state index contributed by atoms with van der Waals surface area (Å²) in [6.07, 6.45) is 9.98. The van der Waals surface area contributed by atoms with Gasteiger partial charge in [-0.05, 0) is 31.9 Å². The number of hydrogen-bond donors (Lipinski definition) is 0. The Balaban J connectivity index is 1.97. The number of benzene rings is 1. The van der Waals surface area contributed by atoms with Crippen LogP contribution >= 0.6 is 0 Å². The Morgan fingerprint density at radius 1 is 0.846 bits per heavy atom. The van der Waals surface area contributed by atoms with Crippen LogP contribution in [-0.2, 0) is 23.8 Å². The summed E-state index contributed by atoms with van der Waals surface area (Å²) in [5.74, 6) is -0.128. The van der Waals surface area contributed by atoms with Crippen LogP contribution in [0.1, 0.15) is 69.8 Å². The van der Waals surface area contributed by atoms with Gasteiger partial charge in [-0.25, -0.2) is 0 Å². The molecule has 6 heteroatoms. The molecule has 148 valence electrons. The van der Waals surface area contributed by atoms with Gasteiger partial charge >= 0.3 is 5.97 Å². The van der Waals surface area contributed by atoms with E-state index in [4.69, 9.17) is 4.18 Å². The zero-order valence-electron chi connectivity index (χ0n) is 16.0. The minimum atomic E-state index is -3.63. The van der Waals surface area contributed by atoms with Crippen molar-refractivity contribution in [2.24, 2.45) is 0 Å². The molecule has 0 saturated carbocycles. The number of rotatable bonds is 14. The van der Waals surface area contributed by atoms with Crippen molar-refractivity contribution >= 4 is 16.1 Å². The zero-order valence-corrected chi connectivity index (χ0v) is 16.9. The summed E-state index contributed by atoms with van der Waals surface area (Å²) in [5, 5.41) is 0. The molecule has 0 aliphatic carbocycles. The molecule has 1 aromatic carbocycles. The predicted octanol–water partition coefficient (Wildman–Crippen LogP) is 4.77. The van der Waals surface area contributed by atoms with Gasteiger partial charge in [0.1, 0.15) is 0 Å². The lowest BCUT2D eigenvalue weighted by Crippen LogP contribution is -2.07. The van der Waals surface area contributed by atoms with Crippen LogP contribution in [0.3, 0.4) is 0 Å². The summed E-state index contributed by atoms with van der Waals surface area (Å²) in [7, 11) is -2.21. The second-order valence-corrected chi connectivity index (χ2v) is 8.21. The Kier molecular flexibility index (Phi) is 11.2. The van der Waals surface area contributed by atoms with Gasteiger partial charge in [0.25, 0.3) is 10.1 Å². The van der Waals surface area contributed by atoms with Gasteiger partial charge in [0.05, 0.1) is 18.6 Å². The summed E-state index contributed by atoms with van der Waals surface area (Å²) in [4.78, 5) is 11.2. The van der Waals surface area contributed by atoms with Gasteiger partial charge in [-0.15, -0.1) is 0 Å². The first-order valence-corrected chi connectivity index (χ1v) is 10.9. The highest BCUT2D eigenvalue weighted by Crippen LogP contribution is 2.15. The first-order valence-electron chi connectivity index (χ1n) is 9.48. The molecule has 0 aliphatic rings. The number of carbonyl (C=O) groups is 1. The molecular formula is C20H32O5S. The van der Waals surface area contributed by atoms with E-state index in [2.05, 4.69) is 4.74 Å². The van der Waals surface area contributed by atoms with E-state index in [1.807, 2.05) is 6.92 Å². The highest BCUT2D eigenvalue weighted by Gasteiger charge is 2.14. The van der Waals surface area contributed by atoms with Crippen molar-refractivity contribution in [1.82, 2.24) is 0 Å². The zero-order chi connectivity index (χ0) is 19.3. The van der Waals surface area contributed by atoms with Crippen LogP contribution in [0.25, 0.3) is 0 Å².